The fraction of sp³-hybridized carbons (Fsp3) is 0.471. The molecule has 2 N–H and O–H groups in total. The SMILES string of the molecule is CC(C)CN1C(=NCc2ccccc2)NC2C1C(=O)NC(=O)N2C. The highest BCUT2D eigenvalue weighted by atomic mass is 16.2. The number of urea groups is 1. The van der Waals surface area contributed by atoms with Gasteiger partial charge >= 0.3 is 6.03 Å². The van der Waals surface area contributed by atoms with E-state index in [0.717, 1.165) is 5.56 Å². The van der Waals surface area contributed by atoms with Crippen LogP contribution in [0.2, 0.25) is 0 Å². The first kappa shape index (κ1) is 16.3. The molecule has 2 atom stereocenters. The number of nitrogens with zero attached hydrogens (tertiary/aromatic N) is 3. The number of carbonyl (C=O) groups excluding carboxylic acids is 2. The monoisotopic (exact) mass is 329 g/mol. The van der Waals surface area contributed by atoms with Crippen LogP contribution in [0.25, 0.3) is 0 Å². The van der Waals surface area contributed by atoms with Gasteiger partial charge in [-0.25, -0.2) is 9.79 Å². The van der Waals surface area contributed by atoms with Crippen LogP contribution in [0.3, 0.4) is 0 Å². The lowest BCUT2D eigenvalue weighted by molar-refractivity contribution is -0.127. The Balaban J connectivity index is 1.87. The van der Waals surface area contributed by atoms with Crippen LogP contribution in [0, 0.1) is 5.92 Å². The fourth-order valence-corrected chi connectivity index (χ4v) is 3.06. The molecule has 0 aliphatic carbocycles. The van der Waals surface area contributed by atoms with Gasteiger partial charge in [-0.3, -0.25) is 10.1 Å². The molecular weight excluding hydrogens is 306 g/mol. The average Bonchev–Trinajstić information content (AvgIpc) is 2.90. The Morgan fingerprint density at radius 3 is 2.58 bits per heavy atom. The molecule has 2 aliphatic rings. The number of hydrogen-bond donors (Lipinski definition) is 2. The lowest BCUT2D eigenvalue weighted by Crippen LogP contribution is -2.65. The number of guanidine groups is 1. The third kappa shape index (κ3) is 3.06. The number of aliphatic imine (C=N–C) groups is 1. The van der Waals surface area contributed by atoms with Gasteiger partial charge in [0.1, 0.15) is 6.17 Å². The lowest BCUT2D eigenvalue weighted by Gasteiger charge is -2.35. The van der Waals surface area contributed by atoms with Gasteiger partial charge in [-0.1, -0.05) is 44.2 Å². The van der Waals surface area contributed by atoms with Crippen LogP contribution in [0.5, 0.6) is 0 Å². The van der Waals surface area contributed by atoms with Crippen LogP contribution in [0.15, 0.2) is 35.3 Å². The zero-order valence-electron chi connectivity index (χ0n) is 14.2. The van der Waals surface area contributed by atoms with E-state index in [1.807, 2.05) is 35.2 Å². The summed E-state index contributed by atoms with van der Waals surface area (Å²) >= 11 is 0. The molecule has 3 rings (SSSR count). The zero-order chi connectivity index (χ0) is 17.3. The minimum atomic E-state index is -0.454. The number of amides is 3. The van der Waals surface area contributed by atoms with Gasteiger partial charge in [-0.2, -0.15) is 0 Å². The van der Waals surface area contributed by atoms with Crippen LogP contribution in [-0.4, -0.2) is 53.5 Å². The third-order valence-electron chi connectivity index (χ3n) is 4.24. The van der Waals surface area contributed by atoms with Crippen LogP contribution >= 0.6 is 0 Å². The van der Waals surface area contributed by atoms with Gasteiger partial charge in [-0.15, -0.1) is 0 Å². The Hall–Kier alpha value is -2.57. The molecular formula is C17H23N5O2. The summed E-state index contributed by atoms with van der Waals surface area (Å²) in [5, 5.41) is 5.66. The summed E-state index contributed by atoms with van der Waals surface area (Å²) in [5.41, 5.74) is 1.10. The minimum Gasteiger partial charge on any atom is -0.333 e. The lowest BCUT2D eigenvalue weighted by atomic mass is 10.1. The highest BCUT2D eigenvalue weighted by molar-refractivity contribution is 6.04. The highest BCUT2D eigenvalue weighted by Crippen LogP contribution is 2.22. The maximum atomic E-state index is 12.3. The van der Waals surface area contributed by atoms with E-state index in [0.29, 0.717) is 25.0 Å². The molecule has 0 bridgehead atoms. The maximum Gasteiger partial charge on any atom is 0.325 e. The summed E-state index contributed by atoms with van der Waals surface area (Å²) in [6.45, 7) is 5.41. The number of benzene rings is 1. The van der Waals surface area contributed by atoms with Crippen molar-refractivity contribution in [1.29, 1.82) is 0 Å². The molecule has 7 heteroatoms. The van der Waals surface area contributed by atoms with Crippen molar-refractivity contribution in [3.63, 3.8) is 0 Å². The van der Waals surface area contributed by atoms with Crippen molar-refractivity contribution in [2.45, 2.75) is 32.6 Å². The van der Waals surface area contributed by atoms with Crippen molar-refractivity contribution in [2.24, 2.45) is 10.9 Å². The average molecular weight is 329 g/mol. The Labute approximate surface area is 141 Å². The molecule has 1 aromatic rings. The fourth-order valence-electron chi connectivity index (χ4n) is 3.06. The summed E-state index contributed by atoms with van der Waals surface area (Å²) in [6.07, 6.45) is -0.389. The molecule has 1 aromatic carbocycles. The zero-order valence-corrected chi connectivity index (χ0v) is 14.2. The number of fused-ring (bicyclic) bond motifs is 1. The summed E-state index contributed by atoms with van der Waals surface area (Å²) in [5.74, 6) is 0.753. The summed E-state index contributed by atoms with van der Waals surface area (Å²) < 4.78 is 0. The molecule has 2 saturated heterocycles. The van der Waals surface area contributed by atoms with E-state index < -0.39 is 6.04 Å². The number of imide groups is 1. The Bertz CT molecular complexity index is 658. The van der Waals surface area contributed by atoms with E-state index in [4.69, 9.17) is 0 Å². The highest BCUT2D eigenvalue weighted by Gasteiger charge is 2.49. The van der Waals surface area contributed by atoms with Crippen LogP contribution in [-0.2, 0) is 11.3 Å². The first-order chi connectivity index (χ1) is 11.5. The normalized spacial score (nSPS) is 25.1. The molecule has 2 fully saturated rings. The summed E-state index contributed by atoms with van der Waals surface area (Å²) in [4.78, 5) is 32.4. The second-order valence-corrected chi connectivity index (χ2v) is 6.61. The van der Waals surface area contributed by atoms with E-state index in [1.54, 1.807) is 7.05 Å². The van der Waals surface area contributed by atoms with Gasteiger partial charge in [-0.05, 0) is 11.5 Å². The van der Waals surface area contributed by atoms with Crippen molar-refractivity contribution in [3.8, 4) is 0 Å². The van der Waals surface area contributed by atoms with Gasteiger partial charge < -0.3 is 15.1 Å². The minimum absolute atomic E-state index is 0.277. The largest absolute Gasteiger partial charge is 0.333 e. The molecule has 7 nitrogen and oxygen atoms in total. The van der Waals surface area contributed by atoms with Crippen molar-refractivity contribution >= 4 is 17.9 Å². The van der Waals surface area contributed by atoms with E-state index in [-0.39, 0.29) is 18.1 Å². The van der Waals surface area contributed by atoms with Crippen LogP contribution in [0.4, 0.5) is 4.79 Å². The number of likely N-dealkylation sites (N-methyl/N-ethyl adjacent to an activating group) is 1. The molecule has 2 unspecified atom stereocenters. The van der Waals surface area contributed by atoms with Gasteiger partial charge in [0.2, 0.25) is 0 Å². The van der Waals surface area contributed by atoms with Crippen LogP contribution in [0.1, 0.15) is 19.4 Å². The molecule has 3 amide bonds. The van der Waals surface area contributed by atoms with Crippen molar-refractivity contribution < 1.29 is 9.59 Å². The van der Waals surface area contributed by atoms with Crippen molar-refractivity contribution in [1.82, 2.24) is 20.4 Å². The smallest absolute Gasteiger partial charge is 0.325 e. The Morgan fingerprint density at radius 2 is 1.92 bits per heavy atom. The van der Waals surface area contributed by atoms with E-state index in [1.165, 1.54) is 4.90 Å². The van der Waals surface area contributed by atoms with Gasteiger partial charge in [0.05, 0.1) is 6.54 Å². The summed E-state index contributed by atoms with van der Waals surface area (Å²) in [7, 11) is 1.68. The number of carbonyl (C=O) groups is 2. The Morgan fingerprint density at radius 1 is 1.21 bits per heavy atom. The predicted octanol–water partition coefficient (Wildman–Crippen LogP) is 0.980. The standard InChI is InChI=1S/C17H23N5O2/c1-11(2)10-22-13-14(21(3)17(24)20-15(13)23)19-16(22)18-9-12-7-5-4-6-8-12/h4-8,11,13-14H,9-10H2,1-3H3,(H,18,19)(H,20,23,24). The van der Waals surface area contributed by atoms with Crippen molar-refractivity contribution in [2.75, 3.05) is 13.6 Å². The molecule has 128 valence electrons. The van der Waals surface area contributed by atoms with E-state index >= 15 is 0 Å². The molecule has 0 aromatic heterocycles. The van der Waals surface area contributed by atoms with E-state index in [9.17, 15) is 9.59 Å². The number of hydrogen-bond acceptors (Lipinski definition) is 3. The second-order valence-electron chi connectivity index (χ2n) is 6.61. The molecule has 0 radical (unpaired) electrons. The second kappa shape index (κ2) is 6.51. The molecule has 0 saturated carbocycles. The number of nitrogens with one attached hydrogen (secondary N) is 2. The maximum absolute atomic E-state index is 12.3. The first-order valence-electron chi connectivity index (χ1n) is 8.16. The molecule has 0 spiro atoms. The van der Waals surface area contributed by atoms with Crippen LogP contribution < -0.4 is 10.6 Å². The quantitative estimate of drug-likeness (QED) is 0.863. The van der Waals surface area contributed by atoms with E-state index in [2.05, 4.69) is 29.5 Å². The first-order valence-corrected chi connectivity index (χ1v) is 8.16. The Kier molecular flexibility index (Phi) is 4.42. The molecule has 2 heterocycles. The van der Waals surface area contributed by atoms with Gasteiger partial charge in [0.25, 0.3) is 5.91 Å². The van der Waals surface area contributed by atoms with Gasteiger partial charge in [0, 0.05) is 13.6 Å². The molecule has 24 heavy (non-hydrogen) atoms. The predicted molar refractivity (Wildman–Crippen MR) is 91.1 cm³/mol. The third-order valence-corrected chi connectivity index (χ3v) is 4.24. The van der Waals surface area contributed by atoms with Crippen molar-refractivity contribution in [3.05, 3.63) is 35.9 Å². The topological polar surface area (TPSA) is 77.0 Å². The van der Waals surface area contributed by atoms with Gasteiger partial charge in [0.15, 0.2) is 12.0 Å². The number of rotatable bonds is 4. The summed E-state index contributed by atoms with van der Waals surface area (Å²) in [6, 6.07) is 9.11. The molecule has 2 aliphatic heterocycles.